The third kappa shape index (κ3) is 6.12. The molecular weight excluding hydrogens is 813 g/mol. The third-order valence-electron chi connectivity index (χ3n) is 14.2. The van der Waals surface area contributed by atoms with E-state index < -0.39 is 5.41 Å². The Hall–Kier alpha value is -8.40. The first-order valence-electron chi connectivity index (χ1n) is 23.4. The number of hydrogen-bond acceptors (Lipinski definition) is 3. The maximum atomic E-state index is 7.28. The molecule has 1 spiro atoms. The second-order valence-corrected chi connectivity index (χ2v) is 18.1. The van der Waals surface area contributed by atoms with E-state index in [-0.39, 0.29) is 0 Å². The zero-order valence-electron chi connectivity index (χ0n) is 37.2. The summed E-state index contributed by atoms with van der Waals surface area (Å²) < 4.78 is 7.28. The minimum atomic E-state index is -0.706. The predicted octanol–water partition coefficient (Wildman–Crippen LogP) is 17.4. The predicted molar refractivity (Wildman–Crippen MR) is 278 cm³/mol. The van der Waals surface area contributed by atoms with Crippen LogP contribution < -0.4 is 9.80 Å². The fourth-order valence-electron chi connectivity index (χ4n) is 11.1. The van der Waals surface area contributed by atoms with Gasteiger partial charge in [-0.1, -0.05) is 177 Å². The molecule has 0 aliphatic heterocycles. The maximum absolute atomic E-state index is 7.28. The van der Waals surface area contributed by atoms with E-state index in [0.29, 0.717) is 5.92 Å². The molecule has 0 saturated heterocycles. The number of hydrogen-bond donors (Lipinski definition) is 0. The first kappa shape index (κ1) is 39.0. The molecule has 0 N–H and O–H groups in total. The summed E-state index contributed by atoms with van der Waals surface area (Å²) in [5, 5.41) is 1.12. The van der Waals surface area contributed by atoms with Gasteiger partial charge in [0, 0.05) is 45.0 Å². The monoisotopic (exact) mass is 858 g/mol. The Bertz CT molecular complexity index is 3550. The van der Waals surface area contributed by atoms with E-state index in [0.717, 1.165) is 62.8 Å². The summed E-state index contributed by atoms with van der Waals surface area (Å²) in [6.07, 6.45) is 8.02. The van der Waals surface area contributed by atoms with Gasteiger partial charge in [0.25, 0.3) is 0 Å². The first-order valence-corrected chi connectivity index (χ1v) is 23.4. The Morgan fingerprint density at radius 2 is 1.01 bits per heavy atom. The van der Waals surface area contributed by atoms with Crippen LogP contribution in [0.5, 0.6) is 0 Å². The number of benzene rings is 9. The molecule has 0 radical (unpaired) electrons. The van der Waals surface area contributed by atoms with E-state index >= 15 is 0 Å². The van der Waals surface area contributed by atoms with Crippen LogP contribution >= 0.6 is 0 Å². The molecule has 3 nitrogen and oxygen atoms in total. The molecule has 3 heteroatoms. The van der Waals surface area contributed by atoms with Gasteiger partial charge in [0.15, 0.2) is 0 Å². The van der Waals surface area contributed by atoms with E-state index in [9.17, 15) is 0 Å². The Kier molecular flexibility index (Phi) is 9.11. The first-order chi connectivity index (χ1) is 33.1. The van der Waals surface area contributed by atoms with Crippen molar-refractivity contribution in [1.82, 2.24) is 0 Å². The van der Waals surface area contributed by atoms with E-state index in [2.05, 4.69) is 259 Å². The van der Waals surface area contributed by atoms with Crippen LogP contribution in [-0.2, 0) is 5.41 Å². The molecule has 0 fully saturated rings. The molecule has 318 valence electrons. The second-order valence-electron chi connectivity index (χ2n) is 18.1. The van der Waals surface area contributed by atoms with Crippen LogP contribution in [0.15, 0.2) is 247 Å². The smallest absolute Gasteiger partial charge is 0.135 e. The molecule has 0 saturated carbocycles. The summed E-state index contributed by atoms with van der Waals surface area (Å²) in [4.78, 5) is 4.81. The zero-order valence-corrected chi connectivity index (χ0v) is 37.2. The lowest BCUT2D eigenvalue weighted by molar-refractivity contribution is 0.507. The van der Waals surface area contributed by atoms with Crippen LogP contribution in [0.25, 0.3) is 49.9 Å². The molecule has 0 bridgehead atoms. The second kappa shape index (κ2) is 15.6. The SMILES string of the molecule is CC1C=CC(c2ccc(N(c3ccccc3)c3cccc4c3-c3ccccc3C43c4ccc(N(c5ccccc5)c5ccc(-c6ccccc6)cc5)cc4-c4c3oc3ccccc43)cc2)=CC1. The standard InChI is InChI=1S/C64H46N2O/c1-43-28-30-45(31-29-43)47-34-38-51(39-35-47)66(49-20-9-4-10-21-49)59-26-15-25-58-62(59)53-22-11-13-24-56(53)64(58)57-41-40-52(42-55(57)61-54-23-12-14-27-60(54)67-63(61)64)65(48-18-7-3-8-19-48)50-36-32-46(33-37-50)44-16-5-2-6-17-44/h2-28,30-43H,29H2,1H3. The molecular formula is C64H46N2O. The van der Waals surface area contributed by atoms with Gasteiger partial charge in [-0.3, -0.25) is 0 Å². The third-order valence-corrected chi connectivity index (χ3v) is 14.2. The van der Waals surface area contributed by atoms with Gasteiger partial charge in [0.05, 0.1) is 5.69 Å². The Morgan fingerprint density at radius 1 is 0.448 bits per heavy atom. The van der Waals surface area contributed by atoms with Crippen molar-refractivity contribution in [2.75, 3.05) is 9.80 Å². The van der Waals surface area contributed by atoms with Crippen molar-refractivity contribution in [2.45, 2.75) is 18.8 Å². The highest BCUT2D eigenvalue weighted by Gasteiger charge is 2.56. The lowest BCUT2D eigenvalue weighted by Gasteiger charge is -2.31. The van der Waals surface area contributed by atoms with Crippen LogP contribution in [0.1, 0.15) is 41.4 Å². The van der Waals surface area contributed by atoms with Crippen molar-refractivity contribution in [3.63, 3.8) is 0 Å². The average Bonchev–Trinajstić information content (AvgIpc) is 4.02. The van der Waals surface area contributed by atoms with Crippen LogP contribution in [0.3, 0.4) is 0 Å². The van der Waals surface area contributed by atoms with E-state index in [1.807, 2.05) is 0 Å². The van der Waals surface area contributed by atoms with Crippen molar-refractivity contribution in [3.8, 4) is 33.4 Å². The quantitative estimate of drug-likeness (QED) is 0.152. The molecule has 0 amide bonds. The fraction of sp³-hybridized carbons (Fsp3) is 0.0625. The summed E-state index contributed by atoms with van der Waals surface area (Å²) in [7, 11) is 0. The van der Waals surface area contributed by atoms with Crippen LogP contribution in [-0.4, -0.2) is 0 Å². The maximum Gasteiger partial charge on any atom is 0.135 e. The van der Waals surface area contributed by atoms with Gasteiger partial charge in [0.1, 0.15) is 16.8 Å². The minimum absolute atomic E-state index is 0.569. The van der Waals surface area contributed by atoms with Crippen LogP contribution in [0.4, 0.5) is 34.1 Å². The topological polar surface area (TPSA) is 19.6 Å². The molecule has 10 aromatic rings. The number of fused-ring (bicyclic) bond motifs is 12. The molecule has 2 unspecified atom stereocenters. The van der Waals surface area contributed by atoms with Crippen LogP contribution in [0, 0.1) is 5.92 Å². The average molecular weight is 859 g/mol. The number of anilines is 6. The molecule has 1 aromatic heterocycles. The summed E-state index contributed by atoms with van der Waals surface area (Å²) in [6.45, 7) is 2.27. The highest BCUT2D eigenvalue weighted by molar-refractivity contribution is 6.07. The summed E-state index contributed by atoms with van der Waals surface area (Å²) in [6, 6.07) is 81.7. The molecule has 2 atom stereocenters. The van der Waals surface area contributed by atoms with Gasteiger partial charge in [-0.2, -0.15) is 0 Å². The highest BCUT2D eigenvalue weighted by atomic mass is 16.3. The Balaban J connectivity index is 1.02. The van der Waals surface area contributed by atoms with Crippen LogP contribution in [0.2, 0.25) is 0 Å². The molecule has 3 aliphatic rings. The van der Waals surface area contributed by atoms with Crippen molar-refractivity contribution >= 4 is 50.7 Å². The van der Waals surface area contributed by atoms with Crippen molar-refractivity contribution in [3.05, 3.63) is 271 Å². The molecule has 13 rings (SSSR count). The molecule has 9 aromatic carbocycles. The number of furan rings is 1. The largest absolute Gasteiger partial charge is 0.459 e. The fourth-order valence-corrected chi connectivity index (χ4v) is 11.1. The summed E-state index contributed by atoms with van der Waals surface area (Å²) in [5.41, 5.74) is 20.1. The molecule has 67 heavy (non-hydrogen) atoms. The summed E-state index contributed by atoms with van der Waals surface area (Å²) in [5.74, 6) is 1.54. The lowest BCUT2D eigenvalue weighted by Crippen LogP contribution is -2.25. The highest BCUT2D eigenvalue weighted by Crippen LogP contribution is 2.66. The van der Waals surface area contributed by atoms with Crippen molar-refractivity contribution in [1.29, 1.82) is 0 Å². The van der Waals surface area contributed by atoms with Gasteiger partial charge >= 0.3 is 0 Å². The van der Waals surface area contributed by atoms with Crippen molar-refractivity contribution < 1.29 is 4.42 Å². The van der Waals surface area contributed by atoms with E-state index in [1.54, 1.807) is 0 Å². The van der Waals surface area contributed by atoms with E-state index in [4.69, 9.17) is 4.42 Å². The number of rotatable bonds is 8. The Labute approximate surface area is 391 Å². The number of nitrogens with zero attached hydrogens (tertiary/aromatic N) is 2. The molecule has 1 heterocycles. The zero-order chi connectivity index (χ0) is 44.5. The molecule has 3 aliphatic carbocycles. The lowest BCUT2D eigenvalue weighted by atomic mass is 9.73. The van der Waals surface area contributed by atoms with Crippen molar-refractivity contribution in [2.24, 2.45) is 5.92 Å². The Morgan fingerprint density at radius 3 is 1.75 bits per heavy atom. The van der Waals surface area contributed by atoms with Gasteiger partial charge in [-0.25, -0.2) is 0 Å². The number of allylic oxidation sites excluding steroid dienone is 4. The van der Waals surface area contributed by atoms with E-state index in [1.165, 1.54) is 55.6 Å². The van der Waals surface area contributed by atoms with Gasteiger partial charge < -0.3 is 14.2 Å². The number of para-hydroxylation sites is 3. The van der Waals surface area contributed by atoms with Gasteiger partial charge in [-0.05, 0) is 135 Å². The minimum Gasteiger partial charge on any atom is -0.459 e. The summed E-state index contributed by atoms with van der Waals surface area (Å²) >= 11 is 0. The van der Waals surface area contributed by atoms with Gasteiger partial charge in [-0.15, -0.1) is 0 Å². The normalized spacial score (nSPS) is 16.3. The van der Waals surface area contributed by atoms with Gasteiger partial charge in [0.2, 0.25) is 0 Å².